The second-order valence-electron chi connectivity index (χ2n) is 5.41. The van der Waals surface area contributed by atoms with Crippen molar-refractivity contribution in [1.29, 1.82) is 0 Å². The molecule has 0 atom stereocenters. The maximum atomic E-state index is 13.4. The van der Waals surface area contributed by atoms with Crippen molar-refractivity contribution in [3.8, 4) is 0 Å². The first-order valence-corrected chi connectivity index (χ1v) is 7.41. The van der Waals surface area contributed by atoms with Gasteiger partial charge in [0.15, 0.2) is 0 Å². The number of halogens is 2. The molecule has 1 aliphatic carbocycles. The van der Waals surface area contributed by atoms with Gasteiger partial charge in [0.05, 0.1) is 0 Å². The molecule has 0 saturated heterocycles. The predicted octanol–water partition coefficient (Wildman–Crippen LogP) is 3.57. The molecule has 0 heterocycles. The van der Waals surface area contributed by atoms with Gasteiger partial charge in [-0.15, -0.1) is 0 Å². The van der Waals surface area contributed by atoms with E-state index >= 15 is 0 Å². The largest absolute Gasteiger partial charge is 0.328 e. The van der Waals surface area contributed by atoms with Gasteiger partial charge in [0.2, 0.25) is 0 Å². The van der Waals surface area contributed by atoms with Gasteiger partial charge in [0, 0.05) is 23.7 Å². The first-order valence-electron chi connectivity index (χ1n) is 7.03. The van der Waals surface area contributed by atoms with Crippen LogP contribution in [0.1, 0.15) is 38.2 Å². The van der Waals surface area contributed by atoms with Crippen molar-refractivity contribution in [2.75, 3.05) is 6.54 Å². The Kier molecular flexibility index (Phi) is 5.20. The van der Waals surface area contributed by atoms with E-state index in [-0.39, 0.29) is 5.82 Å². The summed E-state index contributed by atoms with van der Waals surface area (Å²) in [6.45, 7) is 3.87. The van der Waals surface area contributed by atoms with Gasteiger partial charge in [0.25, 0.3) is 0 Å². The minimum Gasteiger partial charge on any atom is -0.328 e. The van der Waals surface area contributed by atoms with Crippen LogP contribution in [0.5, 0.6) is 0 Å². The molecule has 1 aromatic rings. The van der Waals surface area contributed by atoms with E-state index in [1.54, 1.807) is 6.07 Å². The van der Waals surface area contributed by atoms with Crippen molar-refractivity contribution in [3.05, 3.63) is 34.6 Å². The first-order chi connectivity index (χ1) is 9.08. The fourth-order valence-electron chi connectivity index (χ4n) is 2.90. The highest BCUT2D eigenvalue weighted by molar-refractivity contribution is 6.30. The number of nitrogens with two attached hydrogens (primary N) is 1. The van der Waals surface area contributed by atoms with Gasteiger partial charge in [-0.05, 0) is 56.0 Å². The van der Waals surface area contributed by atoms with Crippen molar-refractivity contribution in [2.45, 2.75) is 51.2 Å². The van der Waals surface area contributed by atoms with E-state index in [0.29, 0.717) is 17.1 Å². The van der Waals surface area contributed by atoms with Crippen LogP contribution in [0.2, 0.25) is 5.02 Å². The van der Waals surface area contributed by atoms with Crippen molar-refractivity contribution in [3.63, 3.8) is 0 Å². The molecule has 0 aliphatic heterocycles. The van der Waals surface area contributed by atoms with Gasteiger partial charge in [-0.25, -0.2) is 4.39 Å². The van der Waals surface area contributed by atoms with E-state index in [2.05, 4.69) is 11.8 Å². The minimum atomic E-state index is -0.260. The summed E-state index contributed by atoms with van der Waals surface area (Å²) in [6.07, 6.45) is 4.45. The molecule has 1 aliphatic rings. The van der Waals surface area contributed by atoms with Crippen molar-refractivity contribution >= 4 is 11.6 Å². The van der Waals surface area contributed by atoms with Crippen molar-refractivity contribution < 1.29 is 4.39 Å². The van der Waals surface area contributed by atoms with Crippen molar-refractivity contribution in [2.24, 2.45) is 5.73 Å². The zero-order valence-electron chi connectivity index (χ0n) is 11.4. The maximum absolute atomic E-state index is 13.4. The smallest absolute Gasteiger partial charge is 0.125 e. The Hall–Kier alpha value is -0.640. The molecule has 0 aromatic heterocycles. The van der Waals surface area contributed by atoms with Crippen LogP contribution in [-0.4, -0.2) is 23.5 Å². The summed E-state index contributed by atoms with van der Waals surface area (Å²) < 4.78 is 13.4. The summed E-state index contributed by atoms with van der Waals surface area (Å²) in [4.78, 5) is 2.40. The Bertz CT molecular complexity index is 396. The van der Waals surface area contributed by atoms with Crippen LogP contribution in [-0.2, 0) is 6.54 Å². The highest BCUT2D eigenvalue weighted by Crippen LogP contribution is 2.24. The zero-order valence-corrected chi connectivity index (χ0v) is 12.2. The lowest BCUT2D eigenvalue weighted by Gasteiger charge is -2.35. The van der Waals surface area contributed by atoms with Gasteiger partial charge in [-0.2, -0.15) is 0 Å². The minimum absolute atomic E-state index is 0.260. The molecular weight excluding hydrogens is 263 g/mol. The Balaban J connectivity index is 2.02. The quantitative estimate of drug-likeness (QED) is 0.916. The third-order valence-corrected chi connectivity index (χ3v) is 4.19. The molecule has 2 N–H and O–H groups in total. The van der Waals surface area contributed by atoms with Gasteiger partial charge in [-0.3, -0.25) is 4.90 Å². The molecule has 106 valence electrons. The molecule has 0 amide bonds. The summed E-state index contributed by atoms with van der Waals surface area (Å²) >= 11 is 5.91. The topological polar surface area (TPSA) is 29.3 Å². The van der Waals surface area contributed by atoms with Crippen molar-refractivity contribution in [1.82, 2.24) is 4.90 Å². The number of benzene rings is 1. The lowest BCUT2D eigenvalue weighted by molar-refractivity contribution is 0.149. The normalized spacial score (nSPS) is 23.8. The highest BCUT2D eigenvalue weighted by atomic mass is 35.5. The molecule has 0 bridgehead atoms. The Morgan fingerprint density at radius 2 is 1.95 bits per heavy atom. The maximum Gasteiger partial charge on any atom is 0.125 e. The van der Waals surface area contributed by atoms with E-state index in [1.807, 2.05) is 6.07 Å². The Morgan fingerprint density at radius 1 is 1.26 bits per heavy atom. The Labute approximate surface area is 119 Å². The van der Waals surface area contributed by atoms with E-state index in [1.165, 1.54) is 6.07 Å². The van der Waals surface area contributed by atoms with Gasteiger partial charge < -0.3 is 5.73 Å². The molecule has 19 heavy (non-hydrogen) atoms. The first kappa shape index (κ1) is 14.8. The number of hydrogen-bond acceptors (Lipinski definition) is 2. The number of hydrogen-bond donors (Lipinski definition) is 1. The van der Waals surface area contributed by atoms with Gasteiger partial charge in [-0.1, -0.05) is 18.5 Å². The molecular formula is C15H22ClFN2. The van der Waals surface area contributed by atoms with E-state index in [9.17, 15) is 4.39 Å². The standard InChI is InChI=1S/C15H22ClFN2/c1-2-19(15-5-3-14(18)4-6-15)10-11-7-12(16)9-13(17)8-11/h7-9,14-15H,2-6,10,18H2,1H3. The zero-order chi connectivity index (χ0) is 13.8. The third-order valence-electron chi connectivity index (χ3n) is 3.97. The van der Waals surface area contributed by atoms with E-state index < -0.39 is 0 Å². The molecule has 0 spiro atoms. The van der Waals surface area contributed by atoms with Crippen LogP contribution in [0.4, 0.5) is 4.39 Å². The van der Waals surface area contributed by atoms with Crippen LogP contribution in [0.15, 0.2) is 18.2 Å². The average molecular weight is 285 g/mol. The molecule has 2 nitrogen and oxygen atoms in total. The van der Waals surface area contributed by atoms with Crippen LogP contribution >= 0.6 is 11.6 Å². The van der Waals surface area contributed by atoms with Gasteiger partial charge in [0.1, 0.15) is 5.82 Å². The van der Waals surface area contributed by atoms with Crippen LogP contribution in [0, 0.1) is 5.82 Å². The lowest BCUT2D eigenvalue weighted by Crippen LogP contribution is -2.40. The van der Waals surface area contributed by atoms with Crippen LogP contribution in [0.3, 0.4) is 0 Å². The molecule has 1 aromatic carbocycles. The summed E-state index contributed by atoms with van der Waals surface area (Å²) in [5.41, 5.74) is 6.89. The monoisotopic (exact) mass is 284 g/mol. The number of nitrogens with zero attached hydrogens (tertiary/aromatic N) is 1. The number of rotatable bonds is 4. The molecule has 1 fully saturated rings. The van der Waals surface area contributed by atoms with Gasteiger partial charge >= 0.3 is 0 Å². The van der Waals surface area contributed by atoms with Crippen LogP contribution < -0.4 is 5.73 Å². The molecule has 4 heteroatoms. The molecule has 0 unspecified atom stereocenters. The summed E-state index contributed by atoms with van der Waals surface area (Å²) in [6, 6.07) is 5.69. The fraction of sp³-hybridized carbons (Fsp3) is 0.600. The van der Waals surface area contributed by atoms with Crippen LogP contribution in [0.25, 0.3) is 0 Å². The van der Waals surface area contributed by atoms with E-state index in [0.717, 1.165) is 44.3 Å². The average Bonchev–Trinajstić information content (AvgIpc) is 2.36. The van der Waals surface area contributed by atoms with E-state index in [4.69, 9.17) is 17.3 Å². The summed E-state index contributed by atoms with van der Waals surface area (Å²) in [5.74, 6) is -0.260. The second-order valence-corrected chi connectivity index (χ2v) is 5.85. The molecule has 0 radical (unpaired) electrons. The lowest BCUT2D eigenvalue weighted by atomic mass is 9.90. The summed E-state index contributed by atoms with van der Waals surface area (Å²) in [7, 11) is 0. The highest BCUT2D eigenvalue weighted by Gasteiger charge is 2.23. The third kappa shape index (κ3) is 4.16. The molecule has 2 rings (SSSR count). The predicted molar refractivity (Wildman–Crippen MR) is 77.7 cm³/mol. The second kappa shape index (κ2) is 6.69. The Morgan fingerprint density at radius 3 is 2.53 bits per heavy atom. The fourth-order valence-corrected chi connectivity index (χ4v) is 3.15. The SMILES string of the molecule is CCN(Cc1cc(F)cc(Cl)c1)C1CCC(N)CC1. The summed E-state index contributed by atoms with van der Waals surface area (Å²) in [5, 5.41) is 0.469. The molecule has 1 saturated carbocycles.